The van der Waals surface area contributed by atoms with Crippen molar-refractivity contribution in [3.8, 4) is 0 Å². The molecule has 1 N–H and O–H groups in total. The zero-order valence-corrected chi connectivity index (χ0v) is 13.8. The number of aryl methyl sites for hydroxylation is 1. The summed E-state index contributed by atoms with van der Waals surface area (Å²) in [6.07, 6.45) is 0.963. The van der Waals surface area contributed by atoms with E-state index < -0.39 is 0 Å². The second-order valence-corrected chi connectivity index (χ2v) is 4.49. The summed E-state index contributed by atoms with van der Waals surface area (Å²) in [7, 11) is 3.68. The van der Waals surface area contributed by atoms with Crippen molar-refractivity contribution in [1.29, 1.82) is 0 Å². The molecule has 0 unspecified atom stereocenters. The molecule has 0 aliphatic carbocycles. The Morgan fingerprint density at radius 3 is 2.71 bits per heavy atom. The molecule has 0 aliphatic rings. The lowest BCUT2D eigenvalue weighted by Gasteiger charge is -2.16. The lowest BCUT2D eigenvalue weighted by molar-refractivity contribution is -0.129. The fourth-order valence-corrected chi connectivity index (χ4v) is 1.84. The summed E-state index contributed by atoms with van der Waals surface area (Å²) in [6, 6.07) is 7.62. The zero-order chi connectivity index (χ0) is 13.7. The maximum Gasteiger partial charge on any atom is 0.222 e. The van der Waals surface area contributed by atoms with E-state index in [0.29, 0.717) is 25.3 Å². The highest BCUT2D eigenvalue weighted by atomic mass is 35.5. The monoisotopic (exact) mass is 333 g/mol. The molecule has 0 aliphatic heterocycles. The van der Waals surface area contributed by atoms with Crippen molar-refractivity contribution < 1.29 is 9.21 Å². The fourth-order valence-electron chi connectivity index (χ4n) is 1.84. The van der Waals surface area contributed by atoms with E-state index in [1.165, 1.54) is 0 Å². The fraction of sp³-hybridized carbons (Fsp3) is 0.429. The third-order valence-electron chi connectivity index (χ3n) is 3.01. The molecule has 0 bridgehead atoms. The minimum absolute atomic E-state index is 0. The maximum atomic E-state index is 11.9. The van der Waals surface area contributed by atoms with Gasteiger partial charge < -0.3 is 14.6 Å². The Morgan fingerprint density at radius 2 is 2.05 bits per heavy atom. The van der Waals surface area contributed by atoms with Crippen LogP contribution in [0.1, 0.15) is 12.3 Å². The average Bonchev–Trinajstić information content (AvgIpc) is 2.84. The van der Waals surface area contributed by atoms with Gasteiger partial charge in [-0.2, -0.15) is 0 Å². The predicted molar refractivity (Wildman–Crippen MR) is 88.4 cm³/mol. The van der Waals surface area contributed by atoms with Gasteiger partial charge in [0, 0.05) is 33.0 Å². The predicted octanol–water partition coefficient (Wildman–Crippen LogP) is 2.28. The van der Waals surface area contributed by atoms with Gasteiger partial charge in [0.25, 0.3) is 0 Å². The quantitative estimate of drug-likeness (QED) is 0.881. The molecule has 0 spiro atoms. The number of carbonyl (C=O) groups excluding carboxylic acids is 1. The summed E-state index contributed by atoms with van der Waals surface area (Å²) >= 11 is 0. The van der Waals surface area contributed by atoms with Crippen LogP contribution in [0, 0.1) is 0 Å². The van der Waals surface area contributed by atoms with Gasteiger partial charge in [-0.05, 0) is 19.2 Å². The van der Waals surface area contributed by atoms with Crippen LogP contribution >= 0.6 is 24.8 Å². The van der Waals surface area contributed by atoms with Crippen LogP contribution in [0.25, 0.3) is 11.1 Å². The van der Waals surface area contributed by atoms with Crippen molar-refractivity contribution in [2.45, 2.75) is 12.8 Å². The van der Waals surface area contributed by atoms with E-state index in [4.69, 9.17) is 4.42 Å². The van der Waals surface area contributed by atoms with Gasteiger partial charge in [-0.1, -0.05) is 12.1 Å². The van der Waals surface area contributed by atoms with Gasteiger partial charge in [0.1, 0.15) is 5.52 Å². The molecule has 5 nitrogen and oxygen atoms in total. The molecule has 0 fully saturated rings. The number of amides is 1. The number of para-hydroxylation sites is 2. The summed E-state index contributed by atoms with van der Waals surface area (Å²) in [5, 5.41) is 3.02. The number of benzene rings is 1. The highest BCUT2D eigenvalue weighted by Gasteiger charge is 2.11. The number of hydrogen-bond acceptors (Lipinski definition) is 4. The van der Waals surface area contributed by atoms with Crippen molar-refractivity contribution in [1.82, 2.24) is 15.2 Å². The minimum atomic E-state index is 0. The highest BCUT2D eigenvalue weighted by Crippen LogP contribution is 2.15. The van der Waals surface area contributed by atoms with Gasteiger partial charge in [0.2, 0.25) is 5.91 Å². The number of oxazole rings is 1. The van der Waals surface area contributed by atoms with E-state index in [9.17, 15) is 4.79 Å². The number of halogens is 2. The Labute approximate surface area is 136 Å². The van der Waals surface area contributed by atoms with E-state index in [0.717, 1.165) is 17.6 Å². The van der Waals surface area contributed by atoms with Crippen LogP contribution in [0.2, 0.25) is 0 Å². The van der Waals surface area contributed by atoms with Gasteiger partial charge in [0.05, 0.1) is 0 Å². The molecular weight excluding hydrogens is 313 g/mol. The second kappa shape index (κ2) is 9.60. The number of carbonyl (C=O) groups is 1. The first kappa shape index (κ1) is 19.7. The molecule has 2 rings (SSSR count). The number of rotatable bonds is 6. The van der Waals surface area contributed by atoms with Crippen molar-refractivity contribution in [3.63, 3.8) is 0 Å². The number of nitrogens with zero attached hydrogens (tertiary/aromatic N) is 2. The molecule has 21 heavy (non-hydrogen) atoms. The topological polar surface area (TPSA) is 58.4 Å². The number of hydrogen-bond donors (Lipinski definition) is 1. The summed E-state index contributed by atoms with van der Waals surface area (Å²) < 4.78 is 5.59. The van der Waals surface area contributed by atoms with Gasteiger partial charge >= 0.3 is 0 Å². The highest BCUT2D eigenvalue weighted by molar-refractivity contribution is 5.85. The number of nitrogens with one attached hydrogen (secondary N) is 1. The van der Waals surface area contributed by atoms with Crippen LogP contribution in [0.5, 0.6) is 0 Å². The summed E-state index contributed by atoms with van der Waals surface area (Å²) in [6.45, 7) is 1.51. The minimum Gasteiger partial charge on any atom is -0.441 e. The molecule has 1 aromatic carbocycles. The molecule has 1 heterocycles. The van der Waals surface area contributed by atoms with Gasteiger partial charge in [-0.3, -0.25) is 4.79 Å². The zero-order valence-electron chi connectivity index (χ0n) is 12.2. The van der Waals surface area contributed by atoms with Gasteiger partial charge in [-0.15, -0.1) is 24.8 Å². The van der Waals surface area contributed by atoms with Gasteiger partial charge in [0.15, 0.2) is 11.5 Å². The molecule has 0 saturated carbocycles. The SMILES string of the molecule is CNCCN(C)C(=O)CCc1nc2ccccc2o1.Cl.Cl. The van der Waals surface area contributed by atoms with Crippen molar-refractivity contribution >= 4 is 41.8 Å². The third kappa shape index (κ3) is 5.53. The third-order valence-corrected chi connectivity index (χ3v) is 3.01. The lowest BCUT2D eigenvalue weighted by Crippen LogP contribution is -2.32. The van der Waals surface area contributed by atoms with Crippen LogP contribution in [-0.4, -0.2) is 43.0 Å². The van der Waals surface area contributed by atoms with Gasteiger partial charge in [-0.25, -0.2) is 4.98 Å². The van der Waals surface area contributed by atoms with E-state index in [2.05, 4.69) is 10.3 Å². The standard InChI is InChI=1S/C14H19N3O2.2ClH/c1-15-9-10-17(2)14(18)8-7-13-16-11-5-3-4-6-12(11)19-13;;/h3-6,15H,7-10H2,1-2H3;2*1H. The number of likely N-dealkylation sites (N-methyl/N-ethyl adjacent to an activating group) is 2. The molecule has 1 aromatic heterocycles. The van der Waals surface area contributed by atoms with Crippen LogP contribution < -0.4 is 5.32 Å². The van der Waals surface area contributed by atoms with Crippen molar-refractivity contribution in [2.24, 2.45) is 0 Å². The summed E-state index contributed by atoms with van der Waals surface area (Å²) in [4.78, 5) is 17.9. The Hall–Kier alpha value is -1.30. The largest absolute Gasteiger partial charge is 0.441 e. The Bertz CT molecular complexity index is 527. The van der Waals surface area contributed by atoms with E-state index in [-0.39, 0.29) is 30.7 Å². The maximum absolute atomic E-state index is 11.9. The first-order chi connectivity index (χ1) is 9.20. The van der Waals surface area contributed by atoms with Crippen LogP contribution in [0.15, 0.2) is 28.7 Å². The molecule has 0 atom stereocenters. The average molecular weight is 334 g/mol. The Balaban J connectivity index is 0.00000200. The number of aromatic nitrogens is 1. The Kier molecular flexibility index (Phi) is 9.01. The second-order valence-electron chi connectivity index (χ2n) is 4.49. The van der Waals surface area contributed by atoms with E-state index >= 15 is 0 Å². The smallest absolute Gasteiger partial charge is 0.222 e. The lowest BCUT2D eigenvalue weighted by atomic mass is 10.3. The first-order valence-electron chi connectivity index (χ1n) is 6.43. The molecule has 118 valence electrons. The molecule has 1 amide bonds. The molecule has 0 saturated heterocycles. The van der Waals surface area contributed by atoms with Crippen molar-refractivity contribution in [2.75, 3.05) is 27.2 Å². The van der Waals surface area contributed by atoms with E-state index in [1.807, 2.05) is 38.4 Å². The molecule has 0 radical (unpaired) electrons. The van der Waals surface area contributed by atoms with Crippen LogP contribution in [-0.2, 0) is 11.2 Å². The van der Waals surface area contributed by atoms with Crippen LogP contribution in [0.4, 0.5) is 0 Å². The normalized spacial score (nSPS) is 9.81. The number of fused-ring (bicyclic) bond motifs is 1. The Morgan fingerprint density at radius 1 is 1.33 bits per heavy atom. The molecule has 2 aromatic rings. The molecular formula is C14H21Cl2N3O2. The molecule has 7 heteroatoms. The summed E-state index contributed by atoms with van der Waals surface area (Å²) in [5.74, 6) is 0.731. The van der Waals surface area contributed by atoms with E-state index in [1.54, 1.807) is 4.90 Å². The first-order valence-corrected chi connectivity index (χ1v) is 6.43. The van der Waals surface area contributed by atoms with Crippen molar-refractivity contribution in [3.05, 3.63) is 30.2 Å². The van der Waals surface area contributed by atoms with Crippen LogP contribution in [0.3, 0.4) is 0 Å². The summed E-state index contributed by atoms with van der Waals surface area (Å²) in [5.41, 5.74) is 1.61.